The van der Waals surface area contributed by atoms with Crippen molar-refractivity contribution in [1.82, 2.24) is 0 Å². The third-order valence-electron chi connectivity index (χ3n) is 2.83. The summed E-state index contributed by atoms with van der Waals surface area (Å²) in [6.45, 7) is 2.90. The first kappa shape index (κ1) is 15.3. The van der Waals surface area contributed by atoms with E-state index in [1.807, 2.05) is 31.2 Å². The molecule has 0 bridgehead atoms. The van der Waals surface area contributed by atoms with Crippen molar-refractivity contribution in [2.24, 2.45) is 0 Å². The van der Waals surface area contributed by atoms with E-state index in [0.717, 1.165) is 15.8 Å². The lowest BCUT2D eigenvalue weighted by atomic mass is 10.2. The number of halogens is 1. The Morgan fingerprint density at radius 2 is 2.10 bits per heavy atom. The van der Waals surface area contributed by atoms with Gasteiger partial charge in [-0.3, -0.25) is 10.1 Å². The molecule has 0 amide bonds. The van der Waals surface area contributed by atoms with Crippen LogP contribution in [0.25, 0.3) is 0 Å². The summed E-state index contributed by atoms with van der Waals surface area (Å²) in [5.74, 6) is 0.792. The zero-order chi connectivity index (χ0) is 15.2. The Kier molecular flexibility index (Phi) is 5.16. The maximum Gasteiger partial charge on any atom is 0.292 e. The summed E-state index contributed by atoms with van der Waals surface area (Å²) >= 11 is 3.31. The Balaban J connectivity index is 1.91. The Morgan fingerprint density at radius 1 is 1.29 bits per heavy atom. The number of benzene rings is 2. The van der Waals surface area contributed by atoms with Crippen LogP contribution < -0.4 is 10.1 Å². The van der Waals surface area contributed by atoms with Gasteiger partial charge in [0, 0.05) is 17.1 Å². The van der Waals surface area contributed by atoms with Crippen LogP contribution in [0.5, 0.6) is 5.75 Å². The molecule has 5 nitrogen and oxygen atoms in total. The van der Waals surface area contributed by atoms with E-state index >= 15 is 0 Å². The van der Waals surface area contributed by atoms with E-state index in [1.54, 1.807) is 12.1 Å². The topological polar surface area (TPSA) is 64.4 Å². The third-order valence-corrected chi connectivity index (χ3v) is 3.32. The predicted octanol–water partition coefficient (Wildman–Crippen LogP) is 4.16. The number of nitro groups is 1. The second-order valence-corrected chi connectivity index (χ2v) is 5.43. The molecule has 110 valence electrons. The number of ether oxygens (including phenoxy) is 1. The van der Waals surface area contributed by atoms with Crippen molar-refractivity contribution in [2.45, 2.75) is 6.92 Å². The smallest absolute Gasteiger partial charge is 0.292 e. The molecule has 6 heteroatoms. The van der Waals surface area contributed by atoms with Crippen LogP contribution in [0, 0.1) is 17.0 Å². The predicted molar refractivity (Wildman–Crippen MR) is 86.0 cm³/mol. The SMILES string of the molecule is Cc1cccc(OCCNc2cc(Br)ccc2[N+](=O)[O-])c1. The van der Waals surface area contributed by atoms with Crippen molar-refractivity contribution in [1.29, 1.82) is 0 Å². The normalized spacial score (nSPS) is 10.2. The summed E-state index contributed by atoms with van der Waals surface area (Å²) in [6, 6.07) is 12.6. The van der Waals surface area contributed by atoms with Crippen LogP contribution in [0.15, 0.2) is 46.9 Å². The van der Waals surface area contributed by atoms with Gasteiger partial charge in [-0.2, -0.15) is 0 Å². The molecule has 0 spiro atoms. The molecule has 0 aliphatic rings. The minimum atomic E-state index is -0.407. The van der Waals surface area contributed by atoms with Gasteiger partial charge < -0.3 is 10.1 Å². The number of anilines is 1. The second kappa shape index (κ2) is 7.08. The van der Waals surface area contributed by atoms with Crippen molar-refractivity contribution in [3.63, 3.8) is 0 Å². The van der Waals surface area contributed by atoms with Crippen molar-refractivity contribution in [3.8, 4) is 5.75 Å². The van der Waals surface area contributed by atoms with Gasteiger partial charge in [0.15, 0.2) is 0 Å². The summed E-state index contributed by atoms with van der Waals surface area (Å²) in [4.78, 5) is 10.5. The average Bonchev–Trinajstić information content (AvgIpc) is 2.43. The van der Waals surface area contributed by atoms with Gasteiger partial charge in [0.1, 0.15) is 18.0 Å². The Morgan fingerprint density at radius 3 is 2.81 bits per heavy atom. The number of aryl methyl sites for hydroxylation is 1. The van der Waals surface area contributed by atoms with E-state index < -0.39 is 4.92 Å². The van der Waals surface area contributed by atoms with Crippen LogP contribution in [0.3, 0.4) is 0 Å². The monoisotopic (exact) mass is 350 g/mol. The maximum atomic E-state index is 10.9. The van der Waals surface area contributed by atoms with Gasteiger partial charge in [-0.25, -0.2) is 0 Å². The molecule has 21 heavy (non-hydrogen) atoms. The largest absolute Gasteiger partial charge is 0.492 e. The number of nitro benzene ring substituents is 1. The van der Waals surface area contributed by atoms with E-state index in [2.05, 4.69) is 21.2 Å². The fourth-order valence-corrected chi connectivity index (χ4v) is 2.23. The minimum absolute atomic E-state index is 0.0498. The van der Waals surface area contributed by atoms with E-state index in [4.69, 9.17) is 4.74 Å². The molecule has 0 atom stereocenters. The molecule has 0 fully saturated rings. The van der Waals surface area contributed by atoms with Crippen LogP contribution in [0.1, 0.15) is 5.56 Å². The molecule has 0 saturated carbocycles. The van der Waals surface area contributed by atoms with Gasteiger partial charge in [0.25, 0.3) is 5.69 Å². The minimum Gasteiger partial charge on any atom is -0.492 e. The maximum absolute atomic E-state index is 10.9. The van der Waals surface area contributed by atoms with E-state index in [0.29, 0.717) is 18.8 Å². The zero-order valence-electron chi connectivity index (χ0n) is 11.5. The lowest BCUT2D eigenvalue weighted by Crippen LogP contribution is -2.12. The Labute approximate surface area is 131 Å². The summed E-state index contributed by atoms with van der Waals surface area (Å²) in [6.07, 6.45) is 0. The molecule has 0 aliphatic carbocycles. The van der Waals surface area contributed by atoms with E-state index in [9.17, 15) is 10.1 Å². The lowest BCUT2D eigenvalue weighted by molar-refractivity contribution is -0.384. The molecule has 0 unspecified atom stereocenters. The van der Waals surface area contributed by atoms with Gasteiger partial charge in [-0.15, -0.1) is 0 Å². The molecule has 0 aliphatic heterocycles. The number of hydrogen-bond acceptors (Lipinski definition) is 4. The number of hydrogen-bond donors (Lipinski definition) is 1. The van der Waals surface area contributed by atoms with Crippen LogP contribution in [0.4, 0.5) is 11.4 Å². The quantitative estimate of drug-likeness (QED) is 0.482. The highest BCUT2D eigenvalue weighted by Gasteiger charge is 2.13. The van der Waals surface area contributed by atoms with Crippen molar-refractivity contribution in [2.75, 3.05) is 18.5 Å². The summed E-state index contributed by atoms with van der Waals surface area (Å²) in [7, 11) is 0. The second-order valence-electron chi connectivity index (χ2n) is 4.51. The number of nitrogens with zero attached hydrogens (tertiary/aromatic N) is 1. The van der Waals surface area contributed by atoms with Gasteiger partial charge in [0.2, 0.25) is 0 Å². The molecule has 2 aromatic carbocycles. The molecule has 0 radical (unpaired) electrons. The van der Waals surface area contributed by atoms with E-state index in [1.165, 1.54) is 6.07 Å². The van der Waals surface area contributed by atoms with Crippen LogP contribution >= 0.6 is 15.9 Å². The summed E-state index contributed by atoms with van der Waals surface area (Å²) in [5, 5.41) is 14.0. The fourth-order valence-electron chi connectivity index (χ4n) is 1.87. The van der Waals surface area contributed by atoms with Gasteiger partial charge in [0.05, 0.1) is 4.92 Å². The standard InChI is InChI=1S/C15H15BrN2O3/c1-11-3-2-4-13(9-11)21-8-7-17-14-10-12(16)5-6-15(14)18(19)20/h2-6,9-10,17H,7-8H2,1H3. The zero-order valence-corrected chi connectivity index (χ0v) is 13.1. The molecule has 0 saturated heterocycles. The number of rotatable bonds is 6. The molecular formula is C15H15BrN2O3. The highest BCUT2D eigenvalue weighted by Crippen LogP contribution is 2.27. The molecule has 1 N–H and O–H groups in total. The van der Waals surface area contributed by atoms with E-state index in [-0.39, 0.29) is 5.69 Å². The average molecular weight is 351 g/mol. The van der Waals surface area contributed by atoms with Crippen molar-refractivity contribution in [3.05, 3.63) is 62.6 Å². The van der Waals surface area contributed by atoms with Crippen LogP contribution in [0.2, 0.25) is 0 Å². The first-order chi connectivity index (χ1) is 10.1. The third kappa shape index (κ3) is 4.46. The van der Waals surface area contributed by atoms with Gasteiger partial charge in [-0.1, -0.05) is 28.1 Å². The Bertz CT molecular complexity index is 647. The first-order valence-corrected chi connectivity index (χ1v) is 7.23. The first-order valence-electron chi connectivity index (χ1n) is 6.43. The van der Waals surface area contributed by atoms with Crippen molar-refractivity contribution < 1.29 is 9.66 Å². The highest BCUT2D eigenvalue weighted by atomic mass is 79.9. The van der Waals surface area contributed by atoms with Crippen LogP contribution in [-0.2, 0) is 0 Å². The highest BCUT2D eigenvalue weighted by molar-refractivity contribution is 9.10. The van der Waals surface area contributed by atoms with Crippen molar-refractivity contribution >= 4 is 27.3 Å². The Hall–Kier alpha value is -2.08. The lowest BCUT2D eigenvalue weighted by Gasteiger charge is -2.09. The van der Waals surface area contributed by atoms with Gasteiger partial charge in [-0.05, 0) is 36.8 Å². The molecule has 0 heterocycles. The molecule has 2 aromatic rings. The van der Waals surface area contributed by atoms with Gasteiger partial charge >= 0.3 is 0 Å². The fraction of sp³-hybridized carbons (Fsp3) is 0.200. The number of nitrogens with one attached hydrogen (secondary N) is 1. The molecule has 0 aromatic heterocycles. The summed E-state index contributed by atoms with van der Waals surface area (Å²) < 4.78 is 6.38. The molecular weight excluding hydrogens is 336 g/mol. The van der Waals surface area contributed by atoms with Crippen LogP contribution in [-0.4, -0.2) is 18.1 Å². The summed E-state index contributed by atoms with van der Waals surface area (Å²) in [5.41, 5.74) is 1.65. The molecule has 2 rings (SSSR count).